The number of nitrogens with one attached hydrogen (secondary N) is 1. The summed E-state index contributed by atoms with van der Waals surface area (Å²) in [5.74, 6) is -0.389. The highest BCUT2D eigenvalue weighted by Crippen LogP contribution is 2.23. The van der Waals surface area contributed by atoms with Gasteiger partial charge in [0.1, 0.15) is 5.75 Å². The maximum Gasteiger partial charge on any atom is 0.387 e. The lowest BCUT2D eigenvalue weighted by atomic mass is 10.1. The van der Waals surface area contributed by atoms with Gasteiger partial charge >= 0.3 is 6.61 Å². The zero-order valence-corrected chi connectivity index (χ0v) is 12.4. The standard InChI is InChI=1S/C15H21F2NO3/c1-10(18-12-8-19-15(2,3)20-9-12)11-5-4-6-13(7-11)21-14(16)17/h4-7,10,12,14,18H,8-9H2,1-3H3. The van der Waals surface area contributed by atoms with Crippen LogP contribution in [0.1, 0.15) is 32.4 Å². The fourth-order valence-corrected chi connectivity index (χ4v) is 2.20. The zero-order valence-electron chi connectivity index (χ0n) is 12.4. The van der Waals surface area contributed by atoms with Crippen molar-refractivity contribution in [2.75, 3.05) is 13.2 Å². The zero-order chi connectivity index (χ0) is 15.5. The summed E-state index contributed by atoms with van der Waals surface area (Å²) in [6.45, 7) is 3.98. The Morgan fingerprint density at radius 1 is 1.29 bits per heavy atom. The van der Waals surface area contributed by atoms with Gasteiger partial charge < -0.3 is 19.5 Å². The van der Waals surface area contributed by atoms with Gasteiger partial charge in [0, 0.05) is 6.04 Å². The number of hydrogen-bond donors (Lipinski definition) is 1. The summed E-state index contributed by atoms with van der Waals surface area (Å²) in [5.41, 5.74) is 0.873. The first-order valence-electron chi connectivity index (χ1n) is 6.94. The van der Waals surface area contributed by atoms with Gasteiger partial charge in [0.15, 0.2) is 5.79 Å². The molecule has 0 saturated carbocycles. The lowest BCUT2D eigenvalue weighted by Gasteiger charge is -2.36. The number of hydrogen-bond acceptors (Lipinski definition) is 4. The minimum Gasteiger partial charge on any atom is -0.435 e. The first kappa shape index (κ1) is 16.1. The molecule has 1 heterocycles. The van der Waals surface area contributed by atoms with E-state index in [9.17, 15) is 8.78 Å². The molecule has 1 unspecified atom stereocenters. The smallest absolute Gasteiger partial charge is 0.387 e. The molecule has 6 heteroatoms. The average molecular weight is 301 g/mol. The van der Waals surface area contributed by atoms with E-state index < -0.39 is 12.4 Å². The van der Waals surface area contributed by atoms with Crippen molar-refractivity contribution in [3.8, 4) is 5.75 Å². The van der Waals surface area contributed by atoms with E-state index >= 15 is 0 Å². The molecule has 2 rings (SSSR count). The van der Waals surface area contributed by atoms with Crippen molar-refractivity contribution in [2.24, 2.45) is 0 Å². The lowest BCUT2D eigenvalue weighted by molar-refractivity contribution is -0.253. The molecule has 0 aliphatic carbocycles. The molecule has 1 aromatic carbocycles. The molecule has 0 radical (unpaired) electrons. The SMILES string of the molecule is CC(NC1COC(C)(C)OC1)c1cccc(OC(F)F)c1. The van der Waals surface area contributed by atoms with Crippen molar-refractivity contribution < 1.29 is 23.0 Å². The van der Waals surface area contributed by atoms with Crippen LogP contribution in [0, 0.1) is 0 Å². The fraction of sp³-hybridized carbons (Fsp3) is 0.600. The number of alkyl halides is 2. The van der Waals surface area contributed by atoms with Gasteiger partial charge in [0.05, 0.1) is 19.3 Å². The maximum absolute atomic E-state index is 12.2. The molecule has 118 valence electrons. The summed E-state index contributed by atoms with van der Waals surface area (Å²) >= 11 is 0. The predicted octanol–water partition coefficient (Wildman–Crippen LogP) is 3.09. The van der Waals surface area contributed by atoms with Crippen molar-refractivity contribution in [3.63, 3.8) is 0 Å². The summed E-state index contributed by atoms with van der Waals surface area (Å²) in [6, 6.07) is 6.72. The van der Waals surface area contributed by atoms with Crippen LogP contribution in [0.2, 0.25) is 0 Å². The molecule has 0 spiro atoms. The number of halogens is 2. The number of rotatable bonds is 5. The second kappa shape index (κ2) is 6.68. The molecule has 1 saturated heterocycles. The van der Waals surface area contributed by atoms with E-state index in [0.717, 1.165) is 5.56 Å². The minimum absolute atomic E-state index is 0.0235. The minimum atomic E-state index is -2.81. The third kappa shape index (κ3) is 4.91. The summed E-state index contributed by atoms with van der Waals surface area (Å²) < 4.78 is 40.0. The van der Waals surface area contributed by atoms with Crippen LogP contribution in [0.4, 0.5) is 8.78 Å². The van der Waals surface area contributed by atoms with Crippen LogP contribution in [0.25, 0.3) is 0 Å². The maximum atomic E-state index is 12.2. The first-order valence-corrected chi connectivity index (χ1v) is 6.94. The molecule has 1 fully saturated rings. The predicted molar refractivity (Wildman–Crippen MR) is 74.4 cm³/mol. The number of benzene rings is 1. The van der Waals surface area contributed by atoms with E-state index in [4.69, 9.17) is 9.47 Å². The Kier molecular flexibility index (Phi) is 5.13. The fourth-order valence-electron chi connectivity index (χ4n) is 2.20. The van der Waals surface area contributed by atoms with Gasteiger partial charge in [-0.3, -0.25) is 0 Å². The molecule has 1 N–H and O–H groups in total. The van der Waals surface area contributed by atoms with Crippen LogP contribution >= 0.6 is 0 Å². The first-order chi connectivity index (χ1) is 9.85. The van der Waals surface area contributed by atoms with Crippen LogP contribution < -0.4 is 10.1 Å². The van der Waals surface area contributed by atoms with E-state index in [2.05, 4.69) is 10.1 Å². The van der Waals surface area contributed by atoms with E-state index in [1.807, 2.05) is 26.8 Å². The summed E-state index contributed by atoms with van der Waals surface area (Å²) in [4.78, 5) is 0. The summed E-state index contributed by atoms with van der Waals surface area (Å²) in [6.07, 6.45) is 0. The molecule has 1 aromatic rings. The molecule has 1 atom stereocenters. The van der Waals surface area contributed by atoms with Crippen LogP contribution in [0.15, 0.2) is 24.3 Å². The van der Waals surface area contributed by atoms with Crippen LogP contribution in [-0.2, 0) is 9.47 Å². The molecule has 1 aliphatic rings. The molecule has 1 aliphatic heterocycles. The summed E-state index contributed by atoms with van der Waals surface area (Å²) in [5, 5.41) is 3.36. The van der Waals surface area contributed by atoms with E-state index in [-0.39, 0.29) is 17.8 Å². The Labute approximate surface area is 123 Å². The quantitative estimate of drug-likeness (QED) is 0.907. The second-order valence-electron chi connectivity index (χ2n) is 5.56. The van der Waals surface area contributed by atoms with Gasteiger partial charge in [-0.2, -0.15) is 8.78 Å². The normalized spacial score (nSPS) is 20.5. The van der Waals surface area contributed by atoms with Crippen LogP contribution in [0.3, 0.4) is 0 Å². The highest BCUT2D eigenvalue weighted by Gasteiger charge is 2.28. The van der Waals surface area contributed by atoms with Gasteiger partial charge in [-0.25, -0.2) is 0 Å². The summed E-state index contributed by atoms with van der Waals surface area (Å²) in [7, 11) is 0. The van der Waals surface area contributed by atoms with E-state index in [1.54, 1.807) is 12.1 Å². The Morgan fingerprint density at radius 3 is 2.57 bits per heavy atom. The average Bonchev–Trinajstić information content (AvgIpc) is 2.41. The van der Waals surface area contributed by atoms with Crippen molar-refractivity contribution in [3.05, 3.63) is 29.8 Å². The Hall–Kier alpha value is -1.24. The third-order valence-corrected chi connectivity index (χ3v) is 3.33. The van der Waals surface area contributed by atoms with Crippen molar-refractivity contribution in [1.29, 1.82) is 0 Å². The van der Waals surface area contributed by atoms with Crippen molar-refractivity contribution >= 4 is 0 Å². The molecule has 21 heavy (non-hydrogen) atoms. The highest BCUT2D eigenvalue weighted by molar-refractivity contribution is 5.30. The largest absolute Gasteiger partial charge is 0.435 e. The highest BCUT2D eigenvalue weighted by atomic mass is 19.3. The lowest BCUT2D eigenvalue weighted by Crippen LogP contribution is -2.49. The van der Waals surface area contributed by atoms with Gasteiger partial charge in [-0.15, -0.1) is 0 Å². The molecular formula is C15H21F2NO3. The van der Waals surface area contributed by atoms with E-state index in [1.165, 1.54) is 6.07 Å². The Bertz CT molecular complexity index is 458. The molecule has 4 nitrogen and oxygen atoms in total. The van der Waals surface area contributed by atoms with Crippen LogP contribution in [0.5, 0.6) is 5.75 Å². The van der Waals surface area contributed by atoms with Crippen molar-refractivity contribution in [2.45, 2.75) is 45.3 Å². The number of ether oxygens (including phenoxy) is 3. The van der Waals surface area contributed by atoms with Crippen molar-refractivity contribution in [1.82, 2.24) is 5.32 Å². The van der Waals surface area contributed by atoms with Gasteiger partial charge in [-0.05, 0) is 38.5 Å². The Morgan fingerprint density at radius 2 is 1.95 bits per heavy atom. The molecule has 0 bridgehead atoms. The monoisotopic (exact) mass is 301 g/mol. The molecular weight excluding hydrogens is 280 g/mol. The van der Waals surface area contributed by atoms with E-state index in [0.29, 0.717) is 13.2 Å². The van der Waals surface area contributed by atoms with Gasteiger partial charge in [0.2, 0.25) is 0 Å². The molecule has 0 amide bonds. The molecule has 0 aromatic heterocycles. The topological polar surface area (TPSA) is 39.7 Å². The van der Waals surface area contributed by atoms with Crippen LogP contribution in [-0.4, -0.2) is 31.7 Å². The third-order valence-electron chi connectivity index (χ3n) is 3.33. The Balaban J connectivity index is 1.92. The second-order valence-corrected chi connectivity index (χ2v) is 5.56. The van der Waals surface area contributed by atoms with Gasteiger partial charge in [0.25, 0.3) is 0 Å². The van der Waals surface area contributed by atoms with Gasteiger partial charge in [-0.1, -0.05) is 12.1 Å².